The molecule has 1 aromatic heterocycles. The first-order valence-electron chi connectivity index (χ1n) is 2.67. The highest BCUT2D eigenvalue weighted by molar-refractivity contribution is 14.1. The molecule has 0 aromatic carbocycles. The van der Waals surface area contributed by atoms with E-state index in [0.717, 1.165) is 0 Å². The van der Waals surface area contributed by atoms with Gasteiger partial charge in [0.1, 0.15) is 8.30 Å². The maximum absolute atomic E-state index is 10.9. The molecule has 0 radical (unpaired) electrons. The number of nitrogens with zero attached hydrogens (tertiary/aromatic N) is 1. The van der Waals surface area contributed by atoms with Gasteiger partial charge in [0.25, 0.3) is 9.05 Å². The van der Waals surface area contributed by atoms with Gasteiger partial charge < -0.3 is 0 Å². The van der Waals surface area contributed by atoms with Crippen LogP contribution in [0, 0.1) is 3.70 Å². The van der Waals surface area contributed by atoms with Gasteiger partial charge in [-0.15, -0.1) is 0 Å². The third kappa shape index (κ3) is 2.82. The number of rotatable bonds is 1. The Morgan fingerprint density at radius 2 is 2.08 bits per heavy atom. The van der Waals surface area contributed by atoms with Crippen LogP contribution in [0.3, 0.4) is 0 Å². The lowest BCUT2D eigenvalue weighted by atomic mass is 10.5. The van der Waals surface area contributed by atoms with Crippen molar-refractivity contribution in [3.63, 3.8) is 0 Å². The van der Waals surface area contributed by atoms with Crippen LogP contribution >= 0.6 is 49.2 Å². The molecule has 0 spiro atoms. The molecule has 1 heterocycles. The fourth-order valence-electron chi connectivity index (χ4n) is 0.584. The number of aromatic nitrogens is 1. The van der Waals surface area contributed by atoms with Gasteiger partial charge in [-0.25, -0.2) is 13.4 Å². The zero-order valence-corrected chi connectivity index (χ0v) is 10.8. The van der Waals surface area contributed by atoms with Crippen molar-refractivity contribution in [1.29, 1.82) is 0 Å². The molecule has 0 amide bonds. The maximum atomic E-state index is 10.9. The number of hydrogen-bond donors (Lipinski definition) is 0. The van der Waals surface area contributed by atoms with E-state index in [1.54, 1.807) is 0 Å². The van der Waals surface area contributed by atoms with E-state index in [9.17, 15) is 8.42 Å². The predicted octanol–water partition coefficient (Wildman–Crippen LogP) is 2.38. The number of hydrogen-bond acceptors (Lipinski definition) is 3. The average Bonchev–Trinajstić information content (AvgIpc) is 1.82. The molecule has 0 bridgehead atoms. The molecule has 0 saturated carbocycles. The second kappa shape index (κ2) is 3.77. The largest absolute Gasteiger partial charge is 0.261 e. The van der Waals surface area contributed by atoms with Gasteiger partial charge in [0.15, 0.2) is 0 Å². The summed E-state index contributed by atoms with van der Waals surface area (Å²) >= 11 is 4.97. The van der Waals surface area contributed by atoms with Crippen molar-refractivity contribution >= 4 is 58.3 Å². The Kier molecular flexibility index (Phi) is 3.35. The summed E-state index contributed by atoms with van der Waals surface area (Å²) in [6.07, 6.45) is 0. The zero-order valence-electron chi connectivity index (χ0n) is 5.46. The monoisotopic (exact) mass is 381 g/mol. The fraction of sp³-hybridized carbons (Fsp3) is 0. The van der Waals surface area contributed by atoms with Gasteiger partial charge in [-0.3, -0.25) is 0 Å². The fourth-order valence-corrected chi connectivity index (χ4v) is 3.08. The van der Waals surface area contributed by atoms with Crippen LogP contribution in [0.2, 0.25) is 0 Å². The van der Waals surface area contributed by atoms with Crippen molar-refractivity contribution in [2.75, 3.05) is 0 Å². The normalized spacial score (nSPS) is 11.6. The molecule has 0 N–H and O–H groups in total. The van der Waals surface area contributed by atoms with E-state index in [4.69, 9.17) is 10.7 Å². The molecule has 1 rings (SSSR count). The standard InChI is InChI=1S/C5H2BrClINO2S/c6-4-1-3(12(7,10)11)2-5(8)9-4/h1-2H. The van der Waals surface area contributed by atoms with Gasteiger partial charge in [-0.2, -0.15) is 0 Å². The van der Waals surface area contributed by atoms with E-state index in [1.807, 2.05) is 22.6 Å². The van der Waals surface area contributed by atoms with Crippen LogP contribution in [0.5, 0.6) is 0 Å². The van der Waals surface area contributed by atoms with E-state index in [1.165, 1.54) is 12.1 Å². The van der Waals surface area contributed by atoms with Crippen LogP contribution in [-0.4, -0.2) is 13.4 Å². The summed E-state index contributed by atoms with van der Waals surface area (Å²) < 4.78 is 22.7. The molecule has 66 valence electrons. The van der Waals surface area contributed by atoms with Crippen LogP contribution in [0.1, 0.15) is 0 Å². The van der Waals surface area contributed by atoms with Crippen molar-refractivity contribution in [2.24, 2.45) is 0 Å². The van der Waals surface area contributed by atoms with Crippen LogP contribution < -0.4 is 0 Å². The molecule has 0 aliphatic rings. The Hall–Kier alpha value is 0.600. The molecule has 0 fully saturated rings. The highest BCUT2D eigenvalue weighted by atomic mass is 127. The van der Waals surface area contributed by atoms with Crippen LogP contribution in [0.25, 0.3) is 0 Å². The Morgan fingerprint density at radius 1 is 1.50 bits per heavy atom. The highest BCUT2D eigenvalue weighted by Gasteiger charge is 2.11. The van der Waals surface area contributed by atoms with Crippen molar-refractivity contribution in [3.05, 3.63) is 20.4 Å². The Labute approximate surface area is 96.2 Å². The summed E-state index contributed by atoms with van der Waals surface area (Å²) in [4.78, 5) is 3.98. The smallest absolute Gasteiger partial charge is 0.235 e. The third-order valence-corrected chi connectivity index (χ3v) is 3.31. The lowest BCUT2D eigenvalue weighted by Gasteiger charge is -1.97. The van der Waals surface area contributed by atoms with E-state index in [-0.39, 0.29) is 4.90 Å². The van der Waals surface area contributed by atoms with Gasteiger partial charge in [-0.05, 0) is 50.7 Å². The van der Waals surface area contributed by atoms with Crippen molar-refractivity contribution < 1.29 is 8.42 Å². The quantitative estimate of drug-likeness (QED) is 0.426. The molecule has 12 heavy (non-hydrogen) atoms. The minimum absolute atomic E-state index is 0.0513. The summed E-state index contributed by atoms with van der Waals surface area (Å²) in [5.74, 6) is 0. The lowest BCUT2D eigenvalue weighted by Crippen LogP contribution is -1.93. The molecule has 0 saturated heterocycles. The molecule has 0 unspecified atom stereocenters. The second-order valence-corrected chi connectivity index (χ2v) is 6.37. The van der Waals surface area contributed by atoms with Gasteiger partial charge in [0.05, 0.1) is 4.90 Å². The first-order valence-corrected chi connectivity index (χ1v) is 6.85. The lowest BCUT2D eigenvalue weighted by molar-refractivity contribution is 0.609. The second-order valence-electron chi connectivity index (χ2n) is 1.89. The summed E-state index contributed by atoms with van der Waals surface area (Å²) in [5, 5.41) is 0. The van der Waals surface area contributed by atoms with E-state index in [2.05, 4.69) is 20.9 Å². The third-order valence-electron chi connectivity index (χ3n) is 1.02. The molecule has 3 nitrogen and oxygen atoms in total. The highest BCUT2D eigenvalue weighted by Crippen LogP contribution is 2.20. The Balaban J connectivity index is 3.37. The molecule has 7 heteroatoms. The number of halogens is 3. The zero-order chi connectivity index (χ0) is 9.35. The van der Waals surface area contributed by atoms with Gasteiger partial charge in [0.2, 0.25) is 0 Å². The topological polar surface area (TPSA) is 47.0 Å². The van der Waals surface area contributed by atoms with Crippen LogP contribution in [0.4, 0.5) is 0 Å². The van der Waals surface area contributed by atoms with Crippen LogP contribution in [-0.2, 0) is 9.05 Å². The van der Waals surface area contributed by atoms with Crippen LogP contribution in [0.15, 0.2) is 21.6 Å². The van der Waals surface area contributed by atoms with Crippen molar-refractivity contribution in [2.45, 2.75) is 4.90 Å². The van der Waals surface area contributed by atoms with Crippen molar-refractivity contribution in [1.82, 2.24) is 4.98 Å². The average molecular weight is 382 g/mol. The minimum Gasteiger partial charge on any atom is -0.235 e. The SMILES string of the molecule is O=S(=O)(Cl)c1cc(Br)nc(I)c1. The van der Waals surface area contributed by atoms with E-state index in [0.29, 0.717) is 8.30 Å². The first kappa shape index (κ1) is 10.7. The van der Waals surface area contributed by atoms with Gasteiger partial charge >= 0.3 is 0 Å². The Morgan fingerprint density at radius 3 is 2.50 bits per heavy atom. The molecule has 0 atom stereocenters. The Bertz CT molecular complexity index is 388. The maximum Gasteiger partial charge on any atom is 0.261 e. The minimum atomic E-state index is -3.65. The predicted molar refractivity (Wildman–Crippen MR) is 57.7 cm³/mol. The molecular weight excluding hydrogens is 380 g/mol. The molecular formula is C5H2BrClINO2S. The van der Waals surface area contributed by atoms with Crippen molar-refractivity contribution in [3.8, 4) is 0 Å². The summed E-state index contributed by atoms with van der Waals surface area (Å²) in [7, 11) is 1.47. The van der Waals surface area contributed by atoms with E-state index >= 15 is 0 Å². The summed E-state index contributed by atoms with van der Waals surface area (Å²) in [6, 6.07) is 2.75. The molecule has 0 aliphatic carbocycles. The molecule has 0 aliphatic heterocycles. The first-order chi connectivity index (χ1) is 5.39. The molecule has 1 aromatic rings. The van der Waals surface area contributed by atoms with Gasteiger partial charge in [0, 0.05) is 10.7 Å². The summed E-state index contributed by atoms with van der Waals surface area (Å²) in [5.41, 5.74) is 0. The summed E-state index contributed by atoms with van der Waals surface area (Å²) in [6.45, 7) is 0. The number of pyridine rings is 1. The van der Waals surface area contributed by atoms with E-state index < -0.39 is 9.05 Å². The van der Waals surface area contributed by atoms with Gasteiger partial charge in [-0.1, -0.05) is 0 Å².